The van der Waals surface area contributed by atoms with Crippen molar-refractivity contribution >= 4 is 5.97 Å². The molecule has 3 nitrogen and oxygen atoms in total. The van der Waals surface area contributed by atoms with Crippen molar-refractivity contribution in [2.75, 3.05) is 6.61 Å². The average molecular weight is 250 g/mol. The van der Waals surface area contributed by atoms with E-state index in [1.807, 2.05) is 12.1 Å². The van der Waals surface area contributed by atoms with E-state index < -0.39 is 5.97 Å². The van der Waals surface area contributed by atoms with Crippen LogP contribution in [0.3, 0.4) is 0 Å². The second-order valence-electron chi connectivity index (χ2n) is 4.57. The lowest BCUT2D eigenvalue weighted by molar-refractivity contribution is 0.0692. The Morgan fingerprint density at radius 2 is 2.11 bits per heavy atom. The summed E-state index contributed by atoms with van der Waals surface area (Å²) in [6.45, 7) is 6.90. The Hall–Kier alpha value is -1.51. The molecule has 0 amide bonds. The number of carboxylic acid groups (broad SMARTS) is 1. The molecule has 0 heterocycles. The number of benzene rings is 1. The van der Waals surface area contributed by atoms with Gasteiger partial charge in [0.2, 0.25) is 0 Å². The normalized spacial score (nSPS) is 12.2. The van der Waals surface area contributed by atoms with Crippen molar-refractivity contribution in [2.45, 2.75) is 46.0 Å². The molecule has 0 saturated heterocycles. The molecule has 0 aromatic heterocycles. The van der Waals surface area contributed by atoms with Crippen molar-refractivity contribution in [1.82, 2.24) is 0 Å². The topological polar surface area (TPSA) is 46.5 Å². The van der Waals surface area contributed by atoms with Gasteiger partial charge in [-0.3, -0.25) is 0 Å². The van der Waals surface area contributed by atoms with E-state index in [4.69, 9.17) is 9.84 Å². The predicted molar refractivity (Wildman–Crippen MR) is 72.5 cm³/mol. The molecule has 0 aliphatic carbocycles. The zero-order valence-electron chi connectivity index (χ0n) is 11.4. The minimum atomic E-state index is -0.933. The van der Waals surface area contributed by atoms with Gasteiger partial charge in [-0.25, -0.2) is 4.79 Å². The van der Waals surface area contributed by atoms with Crippen molar-refractivity contribution in [3.63, 3.8) is 0 Å². The maximum atomic E-state index is 11.1. The minimum absolute atomic E-state index is 0.248. The highest BCUT2D eigenvalue weighted by Crippen LogP contribution is 2.27. The van der Waals surface area contributed by atoms with Gasteiger partial charge in [0.25, 0.3) is 0 Å². The lowest BCUT2D eigenvalue weighted by Gasteiger charge is -2.14. The first-order valence-corrected chi connectivity index (χ1v) is 6.60. The standard InChI is InChI=1S/C15H22O3/c1-4-6-9-18-14-10-12(11(3)5-2)7-8-13(14)15(16)17/h7-8,10-11H,4-6,9H2,1-3H3,(H,16,17). The van der Waals surface area contributed by atoms with E-state index in [0.29, 0.717) is 18.3 Å². The van der Waals surface area contributed by atoms with Crippen molar-refractivity contribution in [1.29, 1.82) is 0 Å². The Balaban J connectivity index is 2.96. The summed E-state index contributed by atoms with van der Waals surface area (Å²) in [7, 11) is 0. The average Bonchev–Trinajstić information content (AvgIpc) is 2.37. The van der Waals surface area contributed by atoms with Crippen molar-refractivity contribution in [3.8, 4) is 5.75 Å². The van der Waals surface area contributed by atoms with Gasteiger partial charge in [-0.1, -0.05) is 33.3 Å². The fourth-order valence-electron chi connectivity index (χ4n) is 1.70. The van der Waals surface area contributed by atoms with Crippen LogP contribution in [0, 0.1) is 0 Å². The second-order valence-corrected chi connectivity index (χ2v) is 4.57. The lowest BCUT2D eigenvalue weighted by Crippen LogP contribution is -2.05. The van der Waals surface area contributed by atoms with Crippen LogP contribution in [0.5, 0.6) is 5.75 Å². The van der Waals surface area contributed by atoms with Crippen LogP contribution < -0.4 is 4.74 Å². The summed E-state index contributed by atoms with van der Waals surface area (Å²) in [6, 6.07) is 5.39. The summed E-state index contributed by atoms with van der Waals surface area (Å²) in [5.41, 5.74) is 1.38. The molecule has 0 aliphatic heterocycles. The number of aromatic carboxylic acids is 1. The maximum Gasteiger partial charge on any atom is 0.339 e. The van der Waals surface area contributed by atoms with Gasteiger partial charge in [0.05, 0.1) is 6.61 Å². The summed E-state index contributed by atoms with van der Waals surface area (Å²) in [5.74, 6) is -0.0210. The third kappa shape index (κ3) is 3.76. The summed E-state index contributed by atoms with van der Waals surface area (Å²) in [5, 5.41) is 9.13. The van der Waals surface area contributed by atoms with E-state index in [1.54, 1.807) is 6.07 Å². The van der Waals surface area contributed by atoms with Gasteiger partial charge in [-0.05, 0) is 36.5 Å². The monoisotopic (exact) mass is 250 g/mol. The van der Waals surface area contributed by atoms with E-state index in [0.717, 1.165) is 24.8 Å². The van der Waals surface area contributed by atoms with Gasteiger partial charge in [-0.2, -0.15) is 0 Å². The molecule has 18 heavy (non-hydrogen) atoms. The minimum Gasteiger partial charge on any atom is -0.493 e. The number of hydrogen-bond donors (Lipinski definition) is 1. The summed E-state index contributed by atoms with van der Waals surface area (Å²) < 4.78 is 5.59. The molecule has 1 aromatic carbocycles. The molecule has 1 unspecified atom stereocenters. The first kappa shape index (κ1) is 14.6. The number of carboxylic acids is 1. The van der Waals surface area contributed by atoms with Gasteiger partial charge in [0, 0.05) is 0 Å². The van der Waals surface area contributed by atoms with Crippen LogP contribution in [-0.4, -0.2) is 17.7 Å². The van der Waals surface area contributed by atoms with Crippen LogP contribution in [0.15, 0.2) is 18.2 Å². The number of carbonyl (C=O) groups is 1. The molecular weight excluding hydrogens is 228 g/mol. The number of hydrogen-bond acceptors (Lipinski definition) is 2. The van der Waals surface area contributed by atoms with E-state index in [1.165, 1.54) is 0 Å². The van der Waals surface area contributed by atoms with Gasteiger partial charge in [0.1, 0.15) is 11.3 Å². The lowest BCUT2D eigenvalue weighted by atomic mass is 9.97. The molecule has 1 aromatic rings. The molecule has 0 spiro atoms. The molecule has 1 atom stereocenters. The molecule has 0 radical (unpaired) electrons. The van der Waals surface area contributed by atoms with Crippen LogP contribution in [0.1, 0.15) is 61.9 Å². The van der Waals surface area contributed by atoms with Gasteiger partial charge in [0.15, 0.2) is 0 Å². The van der Waals surface area contributed by atoms with Gasteiger partial charge in [-0.15, -0.1) is 0 Å². The summed E-state index contributed by atoms with van der Waals surface area (Å²) in [6.07, 6.45) is 3.00. The highest BCUT2D eigenvalue weighted by Gasteiger charge is 2.13. The third-order valence-electron chi connectivity index (χ3n) is 3.17. The van der Waals surface area contributed by atoms with E-state index >= 15 is 0 Å². The Bertz CT molecular complexity index is 399. The quantitative estimate of drug-likeness (QED) is 0.742. The number of unbranched alkanes of at least 4 members (excludes halogenated alkanes) is 1. The Kier molecular flexibility index (Phi) is 5.69. The summed E-state index contributed by atoms with van der Waals surface area (Å²) in [4.78, 5) is 11.1. The number of rotatable bonds is 7. The van der Waals surface area contributed by atoms with Crippen molar-refractivity contribution in [3.05, 3.63) is 29.3 Å². The Morgan fingerprint density at radius 1 is 1.39 bits per heavy atom. The smallest absolute Gasteiger partial charge is 0.339 e. The van der Waals surface area contributed by atoms with Gasteiger partial charge < -0.3 is 9.84 Å². The molecule has 0 bridgehead atoms. The zero-order chi connectivity index (χ0) is 13.5. The van der Waals surface area contributed by atoms with E-state index in [9.17, 15) is 4.79 Å². The highest BCUT2D eigenvalue weighted by molar-refractivity contribution is 5.91. The van der Waals surface area contributed by atoms with Crippen LogP contribution in [0.2, 0.25) is 0 Å². The molecule has 0 aliphatic rings. The zero-order valence-corrected chi connectivity index (χ0v) is 11.4. The highest BCUT2D eigenvalue weighted by atomic mass is 16.5. The van der Waals surface area contributed by atoms with Gasteiger partial charge >= 0.3 is 5.97 Å². The third-order valence-corrected chi connectivity index (χ3v) is 3.17. The molecule has 1 N–H and O–H groups in total. The van der Waals surface area contributed by atoms with Crippen LogP contribution in [0.25, 0.3) is 0 Å². The van der Waals surface area contributed by atoms with Crippen LogP contribution in [0.4, 0.5) is 0 Å². The number of ether oxygens (including phenoxy) is 1. The molecule has 0 saturated carbocycles. The molecular formula is C15H22O3. The Labute approximate surface area is 109 Å². The molecule has 1 rings (SSSR count). The molecule has 100 valence electrons. The first-order chi connectivity index (χ1) is 8.60. The van der Waals surface area contributed by atoms with Crippen molar-refractivity contribution < 1.29 is 14.6 Å². The van der Waals surface area contributed by atoms with Crippen LogP contribution >= 0.6 is 0 Å². The van der Waals surface area contributed by atoms with E-state index in [2.05, 4.69) is 20.8 Å². The van der Waals surface area contributed by atoms with E-state index in [-0.39, 0.29) is 5.56 Å². The first-order valence-electron chi connectivity index (χ1n) is 6.60. The SMILES string of the molecule is CCCCOc1cc(C(C)CC)ccc1C(=O)O. The fraction of sp³-hybridized carbons (Fsp3) is 0.533. The Morgan fingerprint density at radius 3 is 2.67 bits per heavy atom. The molecule has 0 fully saturated rings. The van der Waals surface area contributed by atoms with Crippen LogP contribution in [-0.2, 0) is 0 Å². The predicted octanol–water partition coefficient (Wildman–Crippen LogP) is 4.08. The summed E-state index contributed by atoms with van der Waals surface area (Å²) >= 11 is 0. The van der Waals surface area contributed by atoms with Crippen molar-refractivity contribution in [2.24, 2.45) is 0 Å². The second kappa shape index (κ2) is 7.04. The maximum absolute atomic E-state index is 11.1. The molecule has 3 heteroatoms. The largest absolute Gasteiger partial charge is 0.493 e. The fourth-order valence-corrected chi connectivity index (χ4v) is 1.70.